The number of aliphatic imine (C=N–C) groups is 1. The number of halogens is 2. The van der Waals surface area contributed by atoms with E-state index in [-0.39, 0.29) is 8.86 Å². The van der Waals surface area contributed by atoms with Crippen LogP contribution in [0.4, 0.5) is 0 Å². The third-order valence-electron chi connectivity index (χ3n) is 1.61. The van der Waals surface area contributed by atoms with Gasteiger partial charge in [-0.05, 0) is 28.1 Å². The van der Waals surface area contributed by atoms with E-state index in [2.05, 4.69) is 20.9 Å². The smallest absolute Gasteiger partial charge is 0.233 e. The molecule has 7 heteroatoms. The molecular formula is C7H3BrClNO2S2. The molecule has 0 unspecified atom stereocenters. The number of sulfone groups is 1. The molecule has 0 spiro atoms. The highest BCUT2D eigenvalue weighted by molar-refractivity contribution is 9.22. The number of rotatable bonds is 1. The fourth-order valence-electron chi connectivity index (χ4n) is 0.982. The van der Waals surface area contributed by atoms with Crippen LogP contribution in [0.2, 0.25) is 4.34 Å². The summed E-state index contributed by atoms with van der Waals surface area (Å²) >= 11 is 9.81. The lowest BCUT2D eigenvalue weighted by Crippen LogP contribution is -2.04. The molecule has 0 amide bonds. The maximum Gasteiger partial charge on any atom is 0.233 e. The van der Waals surface area contributed by atoms with Gasteiger partial charge in [0.05, 0.1) is 4.34 Å². The Bertz CT molecular complexity index is 544. The molecule has 3 nitrogen and oxygen atoms in total. The first-order valence-electron chi connectivity index (χ1n) is 3.46. The van der Waals surface area contributed by atoms with Crippen molar-refractivity contribution in [3.8, 4) is 0 Å². The molecule has 0 aromatic carbocycles. The molecular weight excluding hydrogens is 310 g/mol. The zero-order valence-corrected chi connectivity index (χ0v) is 10.5. The zero-order chi connectivity index (χ0) is 10.3. The van der Waals surface area contributed by atoms with Gasteiger partial charge < -0.3 is 0 Å². The van der Waals surface area contributed by atoms with Crippen LogP contribution in [-0.2, 0) is 9.84 Å². The third-order valence-corrected chi connectivity index (χ3v) is 5.94. The van der Waals surface area contributed by atoms with Crippen molar-refractivity contribution in [1.82, 2.24) is 0 Å². The fourth-order valence-corrected chi connectivity index (χ4v) is 3.91. The summed E-state index contributed by atoms with van der Waals surface area (Å²) in [4.78, 5) is 4.50. The van der Waals surface area contributed by atoms with Gasteiger partial charge in [0.2, 0.25) is 13.8 Å². The van der Waals surface area contributed by atoms with Gasteiger partial charge in [0.15, 0.2) is 0 Å². The molecule has 0 saturated carbocycles. The number of hydrogen-bond acceptors (Lipinski definition) is 4. The van der Waals surface area contributed by atoms with E-state index < -0.39 is 9.84 Å². The Morgan fingerprint density at radius 3 is 2.57 bits per heavy atom. The van der Waals surface area contributed by atoms with Crippen molar-refractivity contribution in [3.05, 3.63) is 27.5 Å². The Morgan fingerprint density at radius 1 is 1.43 bits per heavy atom. The SMILES string of the molecule is O=S1(=O)C(c2ccc(Cl)s2)=CN=C1Br. The summed E-state index contributed by atoms with van der Waals surface area (Å²) in [6, 6.07) is 3.32. The summed E-state index contributed by atoms with van der Waals surface area (Å²) in [5.74, 6) is 0. The Kier molecular flexibility index (Phi) is 2.55. The van der Waals surface area contributed by atoms with Crippen LogP contribution in [0.25, 0.3) is 4.91 Å². The van der Waals surface area contributed by atoms with Crippen LogP contribution < -0.4 is 0 Å². The Morgan fingerprint density at radius 2 is 2.14 bits per heavy atom. The average molecular weight is 313 g/mol. The van der Waals surface area contributed by atoms with E-state index in [1.54, 1.807) is 12.1 Å². The molecule has 2 rings (SSSR count). The normalized spacial score (nSPS) is 19.3. The Balaban J connectivity index is 2.51. The highest BCUT2D eigenvalue weighted by Gasteiger charge is 2.29. The van der Waals surface area contributed by atoms with Crippen LogP contribution in [0.5, 0.6) is 0 Å². The van der Waals surface area contributed by atoms with Crippen molar-refractivity contribution in [2.45, 2.75) is 0 Å². The minimum Gasteiger partial charge on any atom is -0.236 e. The van der Waals surface area contributed by atoms with Gasteiger partial charge in [0, 0.05) is 11.1 Å². The van der Waals surface area contributed by atoms with Gasteiger partial charge in [-0.3, -0.25) is 0 Å². The van der Waals surface area contributed by atoms with Crippen LogP contribution in [0.3, 0.4) is 0 Å². The quantitative estimate of drug-likeness (QED) is 0.800. The monoisotopic (exact) mass is 311 g/mol. The molecule has 0 atom stereocenters. The topological polar surface area (TPSA) is 46.5 Å². The number of hydrogen-bond donors (Lipinski definition) is 0. The number of nitrogens with zero attached hydrogens (tertiary/aromatic N) is 1. The molecule has 1 aliphatic rings. The molecule has 0 saturated heterocycles. The van der Waals surface area contributed by atoms with Gasteiger partial charge in [-0.2, -0.15) is 0 Å². The maximum atomic E-state index is 11.6. The van der Waals surface area contributed by atoms with Crippen molar-refractivity contribution in [1.29, 1.82) is 0 Å². The van der Waals surface area contributed by atoms with Crippen molar-refractivity contribution >= 4 is 57.6 Å². The van der Waals surface area contributed by atoms with Crippen LogP contribution in [0.1, 0.15) is 4.88 Å². The summed E-state index contributed by atoms with van der Waals surface area (Å²) in [5, 5.41) is 0. The maximum absolute atomic E-state index is 11.6. The van der Waals surface area contributed by atoms with Gasteiger partial charge in [-0.15, -0.1) is 11.3 Å². The Hall–Kier alpha value is -0.170. The van der Waals surface area contributed by atoms with Crippen LogP contribution >= 0.6 is 38.9 Å². The van der Waals surface area contributed by atoms with E-state index in [1.165, 1.54) is 17.5 Å². The van der Waals surface area contributed by atoms with Crippen molar-refractivity contribution in [2.75, 3.05) is 0 Å². The molecule has 1 aliphatic heterocycles. The molecule has 0 aliphatic carbocycles. The van der Waals surface area contributed by atoms with E-state index in [0.717, 1.165) is 0 Å². The minimum absolute atomic E-state index is 0.0514. The van der Waals surface area contributed by atoms with Gasteiger partial charge in [-0.25, -0.2) is 13.4 Å². The van der Waals surface area contributed by atoms with Gasteiger partial charge in [0.1, 0.15) is 4.91 Å². The first-order valence-corrected chi connectivity index (χ1v) is 6.93. The lowest BCUT2D eigenvalue weighted by molar-refractivity contribution is 0.617. The average Bonchev–Trinajstić information content (AvgIpc) is 2.60. The largest absolute Gasteiger partial charge is 0.236 e. The predicted molar refractivity (Wildman–Crippen MR) is 62.6 cm³/mol. The molecule has 0 fully saturated rings. The van der Waals surface area contributed by atoms with Crippen molar-refractivity contribution < 1.29 is 8.42 Å². The minimum atomic E-state index is -3.43. The molecule has 2 heterocycles. The predicted octanol–water partition coefficient (Wildman–Crippen LogP) is 2.88. The lowest BCUT2D eigenvalue weighted by atomic mass is 10.4. The first kappa shape index (κ1) is 10.4. The molecule has 0 radical (unpaired) electrons. The summed E-state index contributed by atoms with van der Waals surface area (Å²) in [6.07, 6.45) is 1.32. The first-order chi connectivity index (χ1) is 6.51. The summed E-state index contributed by atoms with van der Waals surface area (Å²) < 4.78 is 23.7. The molecule has 0 bridgehead atoms. The molecule has 74 valence electrons. The second kappa shape index (κ2) is 3.44. The van der Waals surface area contributed by atoms with Crippen molar-refractivity contribution in [2.24, 2.45) is 4.99 Å². The van der Waals surface area contributed by atoms with E-state index in [0.29, 0.717) is 9.21 Å². The number of thiophene rings is 1. The summed E-state index contributed by atoms with van der Waals surface area (Å²) in [6.45, 7) is 0. The van der Waals surface area contributed by atoms with Crippen LogP contribution in [0, 0.1) is 0 Å². The zero-order valence-electron chi connectivity index (χ0n) is 6.57. The highest BCUT2D eigenvalue weighted by Crippen LogP contribution is 2.35. The molecule has 1 aromatic heterocycles. The van der Waals surface area contributed by atoms with Crippen LogP contribution in [-0.4, -0.2) is 12.4 Å². The standard InChI is InChI=1S/C7H3BrClNO2S2/c8-7-10-3-5(14(7,11)12)4-1-2-6(9)13-4/h1-3H. The van der Waals surface area contributed by atoms with Crippen LogP contribution in [0.15, 0.2) is 23.3 Å². The third kappa shape index (κ3) is 1.56. The molecule has 0 N–H and O–H groups in total. The van der Waals surface area contributed by atoms with E-state index >= 15 is 0 Å². The highest BCUT2D eigenvalue weighted by atomic mass is 79.9. The molecule has 14 heavy (non-hydrogen) atoms. The van der Waals surface area contributed by atoms with E-state index in [9.17, 15) is 8.42 Å². The fraction of sp³-hybridized carbons (Fsp3) is 0. The second-order valence-corrected chi connectivity index (χ2v) is 7.31. The van der Waals surface area contributed by atoms with E-state index in [1.807, 2.05) is 0 Å². The van der Waals surface area contributed by atoms with Gasteiger partial charge in [-0.1, -0.05) is 11.6 Å². The summed E-state index contributed by atoms with van der Waals surface area (Å²) in [5.41, 5.74) is 0. The van der Waals surface area contributed by atoms with Gasteiger partial charge in [0.25, 0.3) is 0 Å². The van der Waals surface area contributed by atoms with Gasteiger partial charge >= 0.3 is 0 Å². The lowest BCUT2D eigenvalue weighted by Gasteiger charge is -1.96. The molecule has 1 aromatic rings. The van der Waals surface area contributed by atoms with Crippen molar-refractivity contribution in [3.63, 3.8) is 0 Å². The summed E-state index contributed by atoms with van der Waals surface area (Å²) in [7, 11) is -3.43. The van der Waals surface area contributed by atoms with E-state index in [4.69, 9.17) is 11.6 Å². The second-order valence-electron chi connectivity index (χ2n) is 2.48. The Labute approximate surface area is 98.2 Å².